The van der Waals surface area contributed by atoms with Crippen molar-refractivity contribution in [2.75, 3.05) is 13.7 Å². The van der Waals surface area contributed by atoms with Crippen LogP contribution in [0, 0.1) is 0 Å². The maximum absolute atomic E-state index is 11.3. The molecule has 0 radical (unpaired) electrons. The van der Waals surface area contributed by atoms with Crippen LogP contribution >= 0.6 is 0 Å². The average Bonchev–Trinajstić information content (AvgIpc) is 2.46. The number of carbonyl (C=O) groups excluding carboxylic acids is 1. The third-order valence-electron chi connectivity index (χ3n) is 3.49. The number of amides is 1. The van der Waals surface area contributed by atoms with Crippen LogP contribution in [0.1, 0.15) is 13.3 Å². The quantitative estimate of drug-likeness (QED) is 0.295. The summed E-state index contributed by atoms with van der Waals surface area (Å²) in [5.41, 5.74) is 0. The van der Waals surface area contributed by atoms with E-state index in [0.717, 1.165) is 0 Å². The Morgan fingerprint density at radius 3 is 2.45 bits per heavy atom. The lowest BCUT2D eigenvalue weighted by atomic mass is 9.88. The Bertz CT molecular complexity index is 417. The van der Waals surface area contributed by atoms with E-state index in [4.69, 9.17) is 19.7 Å². The van der Waals surface area contributed by atoms with Crippen LogP contribution in [0.4, 0.5) is 0 Å². The number of aliphatic hydroxyl groups is 4. The molecule has 1 aliphatic heterocycles. The Kier molecular flexibility index (Phi) is 6.23. The van der Waals surface area contributed by atoms with Gasteiger partial charge in [0, 0.05) is 20.5 Å². The van der Waals surface area contributed by atoms with Crippen LogP contribution in [0.25, 0.3) is 0 Å². The number of carboxylic acid groups (broad SMARTS) is 1. The van der Waals surface area contributed by atoms with Gasteiger partial charge in [-0.15, -0.1) is 0 Å². The topological polar surface area (TPSA) is 166 Å². The molecule has 4 unspecified atom stereocenters. The number of carboxylic acids is 1. The van der Waals surface area contributed by atoms with Gasteiger partial charge in [-0.3, -0.25) is 4.79 Å². The standard InChI is InChI=1S/C12H21NO9/c1-5(15)13-8-7(21-2)3-12(20,11(18)19)22-10(8)9(17)6(16)4-14/h6-10,14,16-17,20H,3-4H2,1-2H3,(H,13,15)(H,18,19)/t6?,7?,8-,9?,10+,12?/m1/s1. The van der Waals surface area contributed by atoms with Gasteiger partial charge in [0.1, 0.15) is 18.3 Å². The van der Waals surface area contributed by atoms with E-state index in [1.807, 2.05) is 0 Å². The molecule has 1 aliphatic rings. The Morgan fingerprint density at radius 1 is 1.45 bits per heavy atom. The monoisotopic (exact) mass is 323 g/mol. The molecule has 0 bridgehead atoms. The number of rotatable bonds is 6. The average molecular weight is 323 g/mol. The predicted octanol–water partition coefficient (Wildman–Crippen LogP) is -3.22. The van der Waals surface area contributed by atoms with E-state index in [1.165, 1.54) is 14.0 Å². The van der Waals surface area contributed by atoms with Gasteiger partial charge < -0.3 is 40.3 Å². The maximum atomic E-state index is 11.3. The lowest BCUT2D eigenvalue weighted by Gasteiger charge is -2.45. The largest absolute Gasteiger partial charge is 0.477 e. The van der Waals surface area contributed by atoms with Crippen LogP contribution in [0.2, 0.25) is 0 Å². The zero-order valence-corrected chi connectivity index (χ0v) is 12.2. The summed E-state index contributed by atoms with van der Waals surface area (Å²) in [6.07, 6.45) is -6.42. The van der Waals surface area contributed by atoms with Crippen LogP contribution in [0.15, 0.2) is 0 Å². The summed E-state index contributed by atoms with van der Waals surface area (Å²) < 4.78 is 10.1. The highest BCUT2D eigenvalue weighted by Gasteiger charge is 2.54. The number of nitrogens with one attached hydrogen (secondary N) is 1. The first-order valence-corrected chi connectivity index (χ1v) is 6.56. The van der Waals surface area contributed by atoms with Crippen LogP contribution in [-0.2, 0) is 19.1 Å². The van der Waals surface area contributed by atoms with Gasteiger partial charge in [-0.25, -0.2) is 4.79 Å². The van der Waals surface area contributed by atoms with Crippen molar-refractivity contribution in [1.29, 1.82) is 0 Å². The first-order chi connectivity index (χ1) is 10.2. The van der Waals surface area contributed by atoms with E-state index < -0.39 is 61.1 Å². The second kappa shape index (κ2) is 7.31. The zero-order valence-electron chi connectivity index (χ0n) is 12.2. The molecule has 10 nitrogen and oxygen atoms in total. The second-order valence-corrected chi connectivity index (χ2v) is 5.12. The van der Waals surface area contributed by atoms with Crippen molar-refractivity contribution in [3.8, 4) is 0 Å². The Labute approximate surface area is 126 Å². The van der Waals surface area contributed by atoms with Gasteiger partial charge in [0.2, 0.25) is 5.91 Å². The zero-order chi connectivity index (χ0) is 17.1. The SMILES string of the molecule is COC1CC(O)(C(=O)O)O[C@H](C(O)C(O)CO)[C@@H]1NC(C)=O. The van der Waals surface area contributed by atoms with E-state index in [1.54, 1.807) is 0 Å². The minimum Gasteiger partial charge on any atom is -0.477 e. The molecule has 0 aromatic rings. The van der Waals surface area contributed by atoms with Crippen molar-refractivity contribution in [1.82, 2.24) is 5.32 Å². The summed E-state index contributed by atoms with van der Waals surface area (Å²) >= 11 is 0. The second-order valence-electron chi connectivity index (χ2n) is 5.12. The summed E-state index contributed by atoms with van der Waals surface area (Å²) in [4.78, 5) is 22.4. The molecule has 0 aromatic heterocycles. The summed E-state index contributed by atoms with van der Waals surface area (Å²) in [5, 5.41) is 49.9. The van der Waals surface area contributed by atoms with Gasteiger partial charge in [-0.2, -0.15) is 0 Å². The van der Waals surface area contributed by atoms with Crippen molar-refractivity contribution >= 4 is 11.9 Å². The fourth-order valence-electron chi connectivity index (χ4n) is 2.34. The lowest BCUT2D eigenvalue weighted by Crippen LogP contribution is -2.67. The molecule has 1 rings (SSSR count). The highest BCUT2D eigenvalue weighted by Crippen LogP contribution is 2.31. The Hall–Kier alpha value is -1.30. The number of hydrogen-bond acceptors (Lipinski definition) is 8. The number of ether oxygens (including phenoxy) is 2. The highest BCUT2D eigenvalue weighted by atomic mass is 16.7. The molecular weight excluding hydrogens is 302 g/mol. The molecule has 1 heterocycles. The molecule has 1 fully saturated rings. The van der Waals surface area contributed by atoms with E-state index in [2.05, 4.69) is 5.32 Å². The van der Waals surface area contributed by atoms with Crippen LogP contribution < -0.4 is 5.32 Å². The van der Waals surface area contributed by atoms with Crippen LogP contribution in [-0.4, -0.2) is 87.4 Å². The number of methoxy groups -OCH3 is 1. The Balaban J connectivity index is 3.15. The molecule has 0 aliphatic carbocycles. The van der Waals surface area contributed by atoms with Crippen molar-refractivity contribution in [2.24, 2.45) is 0 Å². The molecule has 10 heteroatoms. The number of aliphatic carboxylic acids is 1. The summed E-state index contributed by atoms with van der Waals surface area (Å²) in [7, 11) is 1.24. The van der Waals surface area contributed by atoms with Gasteiger partial charge >= 0.3 is 5.97 Å². The molecule has 1 amide bonds. The summed E-state index contributed by atoms with van der Waals surface area (Å²) in [5.74, 6) is -4.87. The van der Waals surface area contributed by atoms with Gasteiger partial charge in [-0.1, -0.05) is 0 Å². The maximum Gasteiger partial charge on any atom is 0.364 e. The minimum atomic E-state index is -2.66. The van der Waals surface area contributed by atoms with E-state index in [9.17, 15) is 24.9 Å². The normalized spacial score (nSPS) is 34.7. The van der Waals surface area contributed by atoms with Crippen molar-refractivity contribution in [3.63, 3.8) is 0 Å². The van der Waals surface area contributed by atoms with Gasteiger partial charge in [0.15, 0.2) is 0 Å². The Morgan fingerprint density at radius 2 is 2.05 bits per heavy atom. The third-order valence-corrected chi connectivity index (χ3v) is 3.49. The predicted molar refractivity (Wildman–Crippen MR) is 69.6 cm³/mol. The number of carbonyl (C=O) groups is 2. The van der Waals surface area contributed by atoms with Crippen LogP contribution in [0.5, 0.6) is 0 Å². The van der Waals surface area contributed by atoms with Crippen molar-refractivity contribution < 1.29 is 44.6 Å². The lowest BCUT2D eigenvalue weighted by molar-refractivity contribution is -0.297. The molecule has 6 atom stereocenters. The molecule has 128 valence electrons. The number of aliphatic hydroxyl groups excluding tert-OH is 3. The number of hydrogen-bond donors (Lipinski definition) is 6. The summed E-state index contributed by atoms with van der Waals surface area (Å²) in [6, 6.07) is -1.03. The summed E-state index contributed by atoms with van der Waals surface area (Å²) in [6.45, 7) is 0.369. The smallest absolute Gasteiger partial charge is 0.364 e. The molecule has 6 N–H and O–H groups in total. The molecule has 0 aromatic carbocycles. The molecule has 0 saturated carbocycles. The first kappa shape index (κ1) is 18.7. The van der Waals surface area contributed by atoms with Gasteiger partial charge in [0.05, 0.1) is 18.8 Å². The fourth-order valence-corrected chi connectivity index (χ4v) is 2.34. The van der Waals surface area contributed by atoms with Gasteiger partial charge in [-0.05, 0) is 0 Å². The van der Waals surface area contributed by atoms with Crippen molar-refractivity contribution in [2.45, 2.75) is 49.6 Å². The van der Waals surface area contributed by atoms with E-state index >= 15 is 0 Å². The van der Waals surface area contributed by atoms with E-state index in [0.29, 0.717) is 0 Å². The van der Waals surface area contributed by atoms with Gasteiger partial charge in [0.25, 0.3) is 5.79 Å². The fraction of sp³-hybridized carbons (Fsp3) is 0.833. The highest BCUT2D eigenvalue weighted by molar-refractivity contribution is 5.76. The third kappa shape index (κ3) is 3.91. The first-order valence-electron chi connectivity index (χ1n) is 6.56. The van der Waals surface area contributed by atoms with Crippen LogP contribution in [0.3, 0.4) is 0 Å². The molecule has 0 spiro atoms. The van der Waals surface area contributed by atoms with E-state index in [-0.39, 0.29) is 0 Å². The molecular formula is C12H21NO9. The molecule has 1 saturated heterocycles. The molecule has 22 heavy (non-hydrogen) atoms. The van der Waals surface area contributed by atoms with Crippen molar-refractivity contribution in [3.05, 3.63) is 0 Å². The minimum absolute atomic E-state index is 0.498.